The van der Waals surface area contributed by atoms with Crippen LogP contribution in [0.25, 0.3) is 0 Å². The predicted octanol–water partition coefficient (Wildman–Crippen LogP) is 1.74. The highest BCUT2D eigenvalue weighted by atomic mass is 16.5. The molecule has 0 aliphatic heterocycles. The zero-order valence-corrected chi connectivity index (χ0v) is 13.7. The van der Waals surface area contributed by atoms with E-state index in [0.717, 1.165) is 31.2 Å². The van der Waals surface area contributed by atoms with Gasteiger partial charge in [0.25, 0.3) is 5.91 Å². The summed E-state index contributed by atoms with van der Waals surface area (Å²) in [6.45, 7) is 0.670. The summed E-state index contributed by atoms with van der Waals surface area (Å²) >= 11 is 0. The summed E-state index contributed by atoms with van der Waals surface area (Å²) in [4.78, 5) is 28.4. The minimum absolute atomic E-state index is 0.169. The molecule has 3 aliphatic rings. The van der Waals surface area contributed by atoms with Gasteiger partial charge in [0.2, 0.25) is 11.8 Å². The van der Waals surface area contributed by atoms with Crippen LogP contribution in [0.3, 0.4) is 0 Å². The molecule has 0 saturated heterocycles. The second-order valence-corrected chi connectivity index (χ2v) is 7.31. The lowest BCUT2D eigenvalue weighted by Crippen LogP contribution is -2.46. The molecule has 3 aliphatic carbocycles. The molecule has 4 rings (SSSR count). The molecule has 1 atom stereocenters. The van der Waals surface area contributed by atoms with Crippen LogP contribution in [0, 0.1) is 11.8 Å². The van der Waals surface area contributed by atoms with E-state index in [1.165, 1.54) is 12.8 Å². The van der Waals surface area contributed by atoms with Gasteiger partial charge in [0.05, 0.1) is 6.61 Å². The lowest BCUT2D eigenvalue weighted by Gasteiger charge is -2.15. The van der Waals surface area contributed by atoms with Crippen LogP contribution in [0.15, 0.2) is 12.1 Å². The van der Waals surface area contributed by atoms with Crippen molar-refractivity contribution >= 4 is 11.8 Å². The summed E-state index contributed by atoms with van der Waals surface area (Å²) in [5.41, 5.74) is 6.78. The SMILES string of the molecule is NC(=O)[C@H](NC(=O)c1ccc(C2CC2)c(OCC2CC2)n1)C1CC1. The Labute approximate surface area is 141 Å². The molecule has 24 heavy (non-hydrogen) atoms. The summed E-state index contributed by atoms with van der Waals surface area (Å²) < 4.78 is 5.88. The minimum Gasteiger partial charge on any atom is -0.477 e. The number of carbonyl (C=O) groups excluding carboxylic acids is 2. The molecule has 0 bridgehead atoms. The third-order valence-corrected chi connectivity index (χ3v) is 4.98. The topological polar surface area (TPSA) is 94.3 Å². The molecular formula is C18H23N3O3. The first-order valence-corrected chi connectivity index (χ1v) is 8.85. The molecule has 0 aromatic carbocycles. The predicted molar refractivity (Wildman–Crippen MR) is 87.6 cm³/mol. The van der Waals surface area contributed by atoms with Crippen molar-refractivity contribution in [3.05, 3.63) is 23.4 Å². The third-order valence-electron chi connectivity index (χ3n) is 4.98. The molecule has 2 amide bonds. The molecule has 0 spiro atoms. The monoisotopic (exact) mass is 329 g/mol. The lowest BCUT2D eigenvalue weighted by atomic mass is 10.1. The number of pyridine rings is 1. The number of aromatic nitrogens is 1. The van der Waals surface area contributed by atoms with Crippen LogP contribution < -0.4 is 15.8 Å². The Morgan fingerprint density at radius 3 is 2.54 bits per heavy atom. The van der Waals surface area contributed by atoms with Crippen molar-refractivity contribution in [2.45, 2.75) is 50.5 Å². The molecule has 3 N–H and O–H groups in total. The molecule has 6 nitrogen and oxygen atoms in total. The van der Waals surface area contributed by atoms with Gasteiger partial charge in [-0.25, -0.2) is 4.98 Å². The second kappa shape index (κ2) is 6.07. The molecule has 1 aromatic heterocycles. The zero-order valence-electron chi connectivity index (χ0n) is 13.7. The molecule has 0 radical (unpaired) electrons. The van der Waals surface area contributed by atoms with Crippen molar-refractivity contribution in [3.8, 4) is 5.88 Å². The normalized spacial score (nSPS) is 21.2. The average molecular weight is 329 g/mol. The lowest BCUT2D eigenvalue weighted by molar-refractivity contribution is -0.120. The number of hydrogen-bond acceptors (Lipinski definition) is 4. The fourth-order valence-electron chi connectivity index (χ4n) is 2.95. The first kappa shape index (κ1) is 15.4. The van der Waals surface area contributed by atoms with E-state index in [0.29, 0.717) is 24.3 Å². The van der Waals surface area contributed by atoms with E-state index in [1.54, 1.807) is 6.07 Å². The van der Waals surface area contributed by atoms with E-state index in [2.05, 4.69) is 10.3 Å². The van der Waals surface area contributed by atoms with Crippen LogP contribution in [0.1, 0.15) is 60.5 Å². The van der Waals surface area contributed by atoms with Crippen LogP contribution in [-0.4, -0.2) is 29.4 Å². The van der Waals surface area contributed by atoms with Gasteiger partial charge in [-0.3, -0.25) is 9.59 Å². The van der Waals surface area contributed by atoms with Gasteiger partial charge in [-0.05, 0) is 62.3 Å². The maximum Gasteiger partial charge on any atom is 0.270 e. The summed E-state index contributed by atoms with van der Waals surface area (Å²) in [6.07, 6.45) is 6.58. The Bertz CT molecular complexity index is 663. The largest absolute Gasteiger partial charge is 0.477 e. The number of ether oxygens (including phenoxy) is 1. The van der Waals surface area contributed by atoms with Gasteiger partial charge < -0.3 is 15.8 Å². The van der Waals surface area contributed by atoms with Crippen LogP contribution in [-0.2, 0) is 4.79 Å². The Kier molecular flexibility index (Phi) is 3.90. The van der Waals surface area contributed by atoms with Crippen molar-refractivity contribution in [1.82, 2.24) is 10.3 Å². The van der Waals surface area contributed by atoms with Crippen LogP contribution >= 0.6 is 0 Å². The Morgan fingerprint density at radius 2 is 1.96 bits per heavy atom. The number of amides is 2. The van der Waals surface area contributed by atoms with Gasteiger partial charge in [-0.2, -0.15) is 0 Å². The van der Waals surface area contributed by atoms with E-state index in [-0.39, 0.29) is 17.5 Å². The smallest absolute Gasteiger partial charge is 0.270 e. The zero-order chi connectivity index (χ0) is 16.7. The third kappa shape index (κ3) is 3.52. The standard InChI is InChI=1S/C18H23N3O3/c19-16(22)15(12-5-6-12)21-17(23)14-8-7-13(11-3-4-11)18(20-14)24-9-10-1-2-10/h7-8,10-12,15H,1-6,9H2,(H2,19,22)(H,21,23)/t15-/m1/s1. The number of nitrogens with one attached hydrogen (secondary N) is 1. The van der Waals surface area contributed by atoms with Crippen molar-refractivity contribution in [2.24, 2.45) is 17.6 Å². The van der Waals surface area contributed by atoms with Gasteiger partial charge in [-0.15, -0.1) is 0 Å². The molecule has 0 unspecified atom stereocenters. The van der Waals surface area contributed by atoms with E-state index >= 15 is 0 Å². The number of nitrogens with zero attached hydrogens (tertiary/aromatic N) is 1. The van der Waals surface area contributed by atoms with Gasteiger partial charge in [0, 0.05) is 5.56 Å². The molecule has 3 fully saturated rings. The Hall–Kier alpha value is -2.11. The maximum atomic E-state index is 12.5. The fourth-order valence-corrected chi connectivity index (χ4v) is 2.95. The van der Waals surface area contributed by atoms with E-state index in [1.807, 2.05) is 6.07 Å². The molecule has 6 heteroatoms. The first-order chi connectivity index (χ1) is 11.6. The van der Waals surface area contributed by atoms with Crippen LogP contribution in [0.5, 0.6) is 5.88 Å². The number of primary amides is 1. The van der Waals surface area contributed by atoms with E-state index < -0.39 is 11.9 Å². The fraction of sp³-hybridized carbons (Fsp3) is 0.611. The summed E-state index contributed by atoms with van der Waals surface area (Å²) in [6, 6.07) is 3.06. The maximum absolute atomic E-state index is 12.5. The van der Waals surface area contributed by atoms with E-state index in [4.69, 9.17) is 10.5 Å². The number of hydrogen-bond donors (Lipinski definition) is 2. The van der Waals surface area contributed by atoms with Gasteiger partial charge >= 0.3 is 0 Å². The van der Waals surface area contributed by atoms with Crippen molar-refractivity contribution in [2.75, 3.05) is 6.61 Å². The summed E-state index contributed by atoms with van der Waals surface area (Å²) in [7, 11) is 0. The number of nitrogens with two attached hydrogens (primary N) is 1. The highest BCUT2D eigenvalue weighted by molar-refractivity contribution is 5.96. The molecule has 1 heterocycles. The number of rotatable bonds is 8. The Morgan fingerprint density at radius 1 is 1.21 bits per heavy atom. The van der Waals surface area contributed by atoms with Crippen molar-refractivity contribution in [3.63, 3.8) is 0 Å². The first-order valence-electron chi connectivity index (χ1n) is 8.85. The molecular weight excluding hydrogens is 306 g/mol. The highest BCUT2D eigenvalue weighted by Crippen LogP contribution is 2.44. The summed E-state index contributed by atoms with van der Waals surface area (Å²) in [5.74, 6) is 1.05. The Balaban J connectivity index is 1.49. The van der Waals surface area contributed by atoms with Crippen molar-refractivity contribution in [1.29, 1.82) is 0 Å². The van der Waals surface area contributed by atoms with E-state index in [9.17, 15) is 9.59 Å². The van der Waals surface area contributed by atoms with Gasteiger partial charge in [0.15, 0.2) is 0 Å². The van der Waals surface area contributed by atoms with Crippen LogP contribution in [0.2, 0.25) is 0 Å². The van der Waals surface area contributed by atoms with Crippen LogP contribution in [0.4, 0.5) is 0 Å². The van der Waals surface area contributed by atoms with Crippen molar-refractivity contribution < 1.29 is 14.3 Å². The highest BCUT2D eigenvalue weighted by Gasteiger charge is 2.36. The van der Waals surface area contributed by atoms with Gasteiger partial charge in [0.1, 0.15) is 11.7 Å². The second-order valence-electron chi connectivity index (χ2n) is 7.31. The molecule has 1 aromatic rings. The average Bonchev–Trinajstić information content (AvgIpc) is 3.41. The van der Waals surface area contributed by atoms with Gasteiger partial charge in [-0.1, -0.05) is 6.07 Å². The minimum atomic E-state index is -0.599. The molecule has 3 saturated carbocycles. The quantitative estimate of drug-likeness (QED) is 0.759. The summed E-state index contributed by atoms with van der Waals surface area (Å²) in [5, 5.41) is 2.73. The number of carbonyl (C=O) groups is 2. The molecule has 128 valence electrons.